The average Bonchev–Trinajstić information content (AvgIpc) is 2.73. The molecule has 1 aromatic heterocycles. The highest BCUT2D eigenvalue weighted by Crippen LogP contribution is 2.26. The van der Waals surface area contributed by atoms with E-state index in [2.05, 4.69) is 62.8 Å². The summed E-state index contributed by atoms with van der Waals surface area (Å²) in [7, 11) is 0. The first-order valence-electron chi connectivity index (χ1n) is 10.2. The van der Waals surface area contributed by atoms with Crippen molar-refractivity contribution < 1.29 is 0 Å². The zero-order chi connectivity index (χ0) is 19.5. The maximum absolute atomic E-state index is 9.26. The van der Waals surface area contributed by atoms with Gasteiger partial charge in [-0.25, -0.2) is 9.97 Å². The van der Waals surface area contributed by atoms with Crippen LogP contribution in [0.1, 0.15) is 29.7 Å². The molecule has 0 spiro atoms. The van der Waals surface area contributed by atoms with Crippen LogP contribution in [0, 0.1) is 25.2 Å². The summed E-state index contributed by atoms with van der Waals surface area (Å²) in [4.78, 5) is 15.9. The van der Waals surface area contributed by atoms with Crippen LogP contribution in [0.5, 0.6) is 0 Å². The zero-order valence-electron chi connectivity index (χ0n) is 16.8. The lowest BCUT2D eigenvalue weighted by molar-refractivity contribution is 0.159. The Morgan fingerprint density at radius 1 is 0.857 bits per heavy atom. The summed E-state index contributed by atoms with van der Waals surface area (Å²) in [6, 6.07) is 9.67. The quantitative estimate of drug-likeness (QED) is 0.821. The van der Waals surface area contributed by atoms with Crippen molar-refractivity contribution in [2.75, 3.05) is 49.1 Å². The van der Waals surface area contributed by atoms with E-state index in [4.69, 9.17) is 0 Å². The Morgan fingerprint density at radius 3 is 2.14 bits per heavy atom. The van der Waals surface area contributed by atoms with Crippen LogP contribution in [0.4, 0.5) is 11.5 Å². The number of nitriles is 1. The highest BCUT2D eigenvalue weighted by molar-refractivity contribution is 5.51. The molecule has 6 nitrogen and oxygen atoms in total. The molecule has 2 aromatic rings. The van der Waals surface area contributed by atoms with Crippen molar-refractivity contribution in [1.82, 2.24) is 14.9 Å². The second-order valence-electron chi connectivity index (χ2n) is 7.93. The Labute approximate surface area is 167 Å². The molecular formula is C22H28N6. The minimum Gasteiger partial charge on any atom is -0.371 e. The molecule has 4 rings (SSSR count). The molecule has 2 fully saturated rings. The normalized spacial score (nSPS) is 18.9. The summed E-state index contributed by atoms with van der Waals surface area (Å²) in [5.74, 6) is 0.731. The zero-order valence-corrected chi connectivity index (χ0v) is 16.8. The highest BCUT2D eigenvalue weighted by atomic mass is 15.3. The summed E-state index contributed by atoms with van der Waals surface area (Å²) < 4.78 is 0. The number of hydrogen-bond donors (Lipinski definition) is 0. The van der Waals surface area contributed by atoms with Crippen LogP contribution in [-0.4, -0.2) is 60.2 Å². The molecule has 0 amide bonds. The number of rotatable bonds is 3. The largest absolute Gasteiger partial charge is 0.371 e. The number of anilines is 2. The van der Waals surface area contributed by atoms with Gasteiger partial charge >= 0.3 is 0 Å². The molecule has 6 heteroatoms. The van der Waals surface area contributed by atoms with Crippen LogP contribution < -0.4 is 9.80 Å². The van der Waals surface area contributed by atoms with Gasteiger partial charge in [0.2, 0.25) is 0 Å². The maximum Gasteiger partial charge on any atom is 0.183 e. The molecule has 0 bridgehead atoms. The third-order valence-electron chi connectivity index (χ3n) is 5.95. The molecule has 28 heavy (non-hydrogen) atoms. The Balaban J connectivity index is 1.32. The topological polar surface area (TPSA) is 59.3 Å². The molecule has 0 atom stereocenters. The van der Waals surface area contributed by atoms with Gasteiger partial charge in [0.1, 0.15) is 6.07 Å². The highest BCUT2D eigenvalue weighted by Gasteiger charge is 2.28. The van der Waals surface area contributed by atoms with Crippen molar-refractivity contribution in [1.29, 1.82) is 5.26 Å². The maximum atomic E-state index is 9.26. The average molecular weight is 377 g/mol. The summed E-state index contributed by atoms with van der Waals surface area (Å²) in [5, 5.41) is 9.26. The molecule has 0 radical (unpaired) electrons. The molecule has 0 saturated carbocycles. The lowest BCUT2D eigenvalue weighted by atomic mass is 10.0. The van der Waals surface area contributed by atoms with Crippen LogP contribution >= 0.6 is 0 Å². The predicted octanol–water partition coefficient (Wildman–Crippen LogP) is 2.76. The van der Waals surface area contributed by atoms with Crippen molar-refractivity contribution in [3.8, 4) is 6.07 Å². The van der Waals surface area contributed by atoms with E-state index in [0.29, 0.717) is 11.7 Å². The van der Waals surface area contributed by atoms with E-state index in [-0.39, 0.29) is 0 Å². The van der Waals surface area contributed by atoms with E-state index in [1.165, 1.54) is 29.7 Å². The lowest BCUT2D eigenvalue weighted by Crippen LogP contribution is -2.53. The Hall–Kier alpha value is -2.65. The lowest BCUT2D eigenvalue weighted by Gasteiger charge is -2.43. The SMILES string of the molecule is Cc1cc(C)cc(N2CCC(N3CCN(c4nccnc4C#N)CC3)CC2)c1. The van der Waals surface area contributed by atoms with Crippen molar-refractivity contribution in [2.24, 2.45) is 0 Å². The van der Waals surface area contributed by atoms with Gasteiger partial charge in [0.05, 0.1) is 0 Å². The van der Waals surface area contributed by atoms with Gasteiger partial charge in [-0.3, -0.25) is 4.90 Å². The number of benzene rings is 1. The molecule has 1 aromatic carbocycles. The first-order valence-corrected chi connectivity index (χ1v) is 10.2. The second kappa shape index (κ2) is 8.15. The monoisotopic (exact) mass is 376 g/mol. The van der Waals surface area contributed by atoms with Gasteiger partial charge in [-0.05, 0) is 49.9 Å². The Bertz CT molecular complexity index is 837. The van der Waals surface area contributed by atoms with Crippen LogP contribution in [0.2, 0.25) is 0 Å². The van der Waals surface area contributed by atoms with Crippen LogP contribution in [0.15, 0.2) is 30.6 Å². The fraction of sp³-hybridized carbons (Fsp3) is 0.500. The molecule has 2 aliphatic heterocycles. The number of piperazine rings is 1. The number of piperidine rings is 1. The van der Waals surface area contributed by atoms with Gasteiger partial charge in [-0.2, -0.15) is 5.26 Å². The first kappa shape index (κ1) is 18.7. The molecule has 2 saturated heterocycles. The molecule has 0 unspecified atom stereocenters. The van der Waals surface area contributed by atoms with E-state index >= 15 is 0 Å². The van der Waals surface area contributed by atoms with E-state index in [1.54, 1.807) is 12.4 Å². The van der Waals surface area contributed by atoms with Gasteiger partial charge in [-0.15, -0.1) is 0 Å². The summed E-state index contributed by atoms with van der Waals surface area (Å²) in [6.45, 7) is 10.5. The van der Waals surface area contributed by atoms with Gasteiger partial charge in [0.25, 0.3) is 0 Å². The Kier molecular flexibility index (Phi) is 5.45. The summed E-state index contributed by atoms with van der Waals surface area (Å²) in [5.41, 5.74) is 4.48. The van der Waals surface area contributed by atoms with E-state index in [1.807, 2.05) is 0 Å². The third kappa shape index (κ3) is 3.95. The van der Waals surface area contributed by atoms with E-state index in [0.717, 1.165) is 45.1 Å². The molecule has 0 aliphatic carbocycles. The van der Waals surface area contributed by atoms with Crippen molar-refractivity contribution in [3.63, 3.8) is 0 Å². The third-order valence-corrected chi connectivity index (χ3v) is 5.95. The van der Waals surface area contributed by atoms with Gasteiger partial charge < -0.3 is 9.80 Å². The number of aromatic nitrogens is 2. The van der Waals surface area contributed by atoms with Crippen molar-refractivity contribution >= 4 is 11.5 Å². The van der Waals surface area contributed by atoms with Crippen molar-refractivity contribution in [2.45, 2.75) is 32.7 Å². The molecule has 3 heterocycles. The smallest absolute Gasteiger partial charge is 0.183 e. The van der Waals surface area contributed by atoms with E-state index in [9.17, 15) is 5.26 Å². The minimum absolute atomic E-state index is 0.428. The van der Waals surface area contributed by atoms with E-state index < -0.39 is 0 Å². The number of nitrogens with zero attached hydrogens (tertiary/aromatic N) is 6. The summed E-state index contributed by atoms with van der Waals surface area (Å²) >= 11 is 0. The second-order valence-corrected chi connectivity index (χ2v) is 7.93. The summed E-state index contributed by atoms with van der Waals surface area (Å²) in [6.07, 6.45) is 5.68. The fourth-order valence-corrected chi connectivity index (χ4v) is 4.56. The molecule has 146 valence electrons. The standard InChI is InChI=1S/C22H28N6/c1-17-13-18(2)15-20(14-17)26-7-3-19(4-8-26)27-9-11-28(12-10-27)22-21(16-23)24-5-6-25-22/h5-6,13-15,19H,3-4,7-12H2,1-2H3. The molecule has 2 aliphatic rings. The fourth-order valence-electron chi connectivity index (χ4n) is 4.56. The minimum atomic E-state index is 0.428. The number of hydrogen-bond acceptors (Lipinski definition) is 6. The molecular weight excluding hydrogens is 348 g/mol. The number of aryl methyl sites for hydroxylation is 2. The van der Waals surface area contributed by atoms with Gasteiger partial charge in [-0.1, -0.05) is 6.07 Å². The Morgan fingerprint density at radius 2 is 1.50 bits per heavy atom. The first-order chi connectivity index (χ1) is 13.6. The van der Waals surface area contributed by atoms with Crippen molar-refractivity contribution in [3.05, 3.63) is 47.4 Å². The van der Waals surface area contributed by atoms with Gasteiger partial charge in [0.15, 0.2) is 11.5 Å². The van der Waals surface area contributed by atoms with Gasteiger partial charge in [0, 0.05) is 63.4 Å². The van der Waals surface area contributed by atoms with Crippen LogP contribution in [0.3, 0.4) is 0 Å². The predicted molar refractivity (Wildman–Crippen MR) is 112 cm³/mol. The van der Waals surface area contributed by atoms with Crippen LogP contribution in [-0.2, 0) is 0 Å². The van der Waals surface area contributed by atoms with Crippen LogP contribution in [0.25, 0.3) is 0 Å². The molecule has 0 N–H and O–H groups in total.